The summed E-state index contributed by atoms with van der Waals surface area (Å²) in [7, 11) is 0. The molecular formula is C55H46N2. The lowest BCUT2D eigenvalue weighted by Crippen LogP contribution is -2.26. The van der Waals surface area contributed by atoms with Crippen LogP contribution >= 0.6 is 0 Å². The number of hydrogen-bond acceptors (Lipinski definition) is 2. The molecule has 0 saturated carbocycles. The number of benzene rings is 4. The number of nitrogens with zero attached hydrogens (tertiary/aromatic N) is 2. The Morgan fingerprint density at radius 1 is 0.719 bits per heavy atom. The van der Waals surface area contributed by atoms with Gasteiger partial charge in [-0.05, 0) is 124 Å². The topological polar surface area (TPSA) is 25.8 Å². The molecule has 276 valence electrons. The van der Waals surface area contributed by atoms with Crippen molar-refractivity contribution in [3.63, 3.8) is 0 Å². The van der Waals surface area contributed by atoms with Crippen molar-refractivity contribution < 1.29 is 0 Å². The fourth-order valence-corrected chi connectivity index (χ4v) is 9.27. The molecule has 2 heteroatoms. The highest BCUT2D eigenvalue weighted by atomic mass is 14.9. The summed E-state index contributed by atoms with van der Waals surface area (Å²) in [5, 5.41) is 0. The Balaban J connectivity index is 1.05. The first-order valence-corrected chi connectivity index (χ1v) is 20.1. The van der Waals surface area contributed by atoms with Crippen LogP contribution in [0.4, 0.5) is 0 Å². The summed E-state index contributed by atoms with van der Waals surface area (Å²) >= 11 is 0. The fourth-order valence-electron chi connectivity index (χ4n) is 9.27. The molecular weight excluding hydrogens is 689 g/mol. The summed E-state index contributed by atoms with van der Waals surface area (Å²) in [5.74, 6) is 0.756. The van der Waals surface area contributed by atoms with Crippen molar-refractivity contribution in [2.24, 2.45) is 0 Å². The van der Waals surface area contributed by atoms with Crippen LogP contribution in [0.1, 0.15) is 84.3 Å². The molecule has 0 fully saturated rings. The van der Waals surface area contributed by atoms with Crippen LogP contribution in [0.2, 0.25) is 0 Å². The molecule has 1 aromatic heterocycles. The number of fused-ring (bicyclic) bond motifs is 7. The van der Waals surface area contributed by atoms with Crippen molar-refractivity contribution in [2.45, 2.75) is 44.9 Å². The normalized spacial score (nSPS) is 18.2. The van der Waals surface area contributed by atoms with E-state index in [1.165, 1.54) is 61.2 Å². The lowest BCUT2D eigenvalue weighted by molar-refractivity contribution is 0.785. The zero-order valence-electron chi connectivity index (χ0n) is 32.8. The lowest BCUT2D eigenvalue weighted by Gasteiger charge is -2.31. The summed E-state index contributed by atoms with van der Waals surface area (Å²) < 4.78 is 0. The number of hydrogen-bond donors (Lipinski definition) is 0. The van der Waals surface area contributed by atoms with Crippen molar-refractivity contribution in [1.82, 2.24) is 9.97 Å². The van der Waals surface area contributed by atoms with Gasteiger partial charge >= 0.3 is 0 Å². The number of rotatable bonds is 9. The van der Waals surface area contributed by atoms with Crippen LogP contribution in [0.25, 0.3) is 50.4 Å². The molecule has 1 atom stereocenters. The summed E-state index contributed by atoms with van der Waals surface area (Å²) in [6.07, 6.45) is 30.0. The molecule has 0 saturated heterocycles. The summed E-state index contributed by atoms with van der Waals surface area (Å²) in [4.78, 5) is 10.2. The van der Waals surface area contributed by atoms with E-state index in [-0.39, 0.29) is 0 Å². The van der Waals surface area contributed by atoms with Crippen molar-refractivity contribution >= 4 is 27.9 Å². The van der Waals surface area contributed by atoms with Crippen LogP contribution in [0.5, 0.6) is 0 Å². The molecule has 0 N–H and O–H groups in total. The molecule has 1 spiro atoms. The molecule has 0 bridgehead atoms. The Bertz CT molecular complexity index is 2670. The third kappa shape index (κ3) is 6.13. The predicted octanol–water partition coefficient (Wildman–Crippen LogP) is 14.1. The molecule has 0 unspecified atom stereocenters. The van der Waals surface area contributed by atoms with E-state index in [1.54, 1.807) is 0 Å². The highest BCUT2D eigenvalue weighted by Crippen LogP contribution is 2.63. The Morgan fingerprint density at radius 2 is 1.35 bits per heavy atom. The predicted molar refractivity (Wildman–Crippen MR) is 242 cm³/mol. The molecule has 5 aromatic rings. The summed E-state index contributed by atoms with van der Waals surface area (Å²) in [5.41, 5.74) is 20.0. The van der Waals surface area contributed by atoms with E-state index in [0.29, 0.717) is 0 Å². The average molecular weight is 735 g/mol. The third-order valence-corrected chi connectivity index (χ3v) is 12.0. The van der Waals surface area contributed by atoms with Gasteiger partial charge in [0.2, 0.25) is 0 Å². The van der Waals surface area contributed by atoms with Gasteiger partial charge in [-0.15, -0.1) is 0 Å². The molecule has 0 amide bonds. The van der Waals surface area contributed by atoms with Gasteiger partial charge in [0, 0.05) is 5.56 Å². The molecule has 0 radical (unpaired) electrons. The highest BCUT2D eigenvalue weighted by molar-refractivity contribution is 6.00. The van der Waals surface area contributed by atoms with Crippen LogP contribution in [-0.4, -0.2) is 9.97 Å². The molecule has 4 aliphatic rings. The minimum Gasteiger partial charge on any atom is -0.228 e. The van der Waals surface area contributed by atoms with E-state index >= 15 is 0 Å². The van der Waals surface area contributed by atoms with Gasteiger partial charge in [0.25, 0.3) is 0 Å². The summed E-state index contributed by atoms with van der Waals surface area (Å²) in [6.45, 7) is 12.9. The van der Waals surface area contributed by atoms with Gasteiger partial charge in [0.05, 0.1) is 16.8 Å². The number of aromatic nitrogens is 2. The third-order valence-electron chi connectivity index (χ3n) is 12.0. The monoisotopic (exact) mass is 734 g/mol. The van der Waals surface area contributed by atoms with Gasteiger partial charge in [-0.1, -0.05) is 177 Å². The average Bonchev–Trinajstić information content (AvgIpc) is 3.72. The Morgan fingerprint density at radius 3 is 1.98 bits per heavy atom. The molecule has 1 heterocycles. The molecule has 4 aliphatic carbocycles. The first kappa shape index (κ1) is 36.0. The zero-order chi connectivity index (χ0) is 38.9. The molecule has 2 nitrogen and oxygen atoms in total. The van der Waals surface area contributed by atoms with Gasteiger partial charge < -0.3 is 0 Å². The van der Waals surface area contributed by atoms with E-state index < -0.39 is 5.41 Å². The van der Waals surface area contributed by atoms with E-state index in [4.69, 9.17) is 9.97 Å². The second-order valence-corrected chi connectivity index (χ2v) is 15.2. The molecule has 4 aromatic carbocycles. The minimum atomic E-state index is -0.408. The van der Waals surface area contributed by atoms with Crippen LogP contribution in [0, 0.1) is 0 Å². The van der Waals surface area contributed by atoms with Crippen molar-refractivity contribution in [2.75, 3.05) is 0 Å². The van der Waals surface area contributed by atoms with Gasteiger partial charge in [0.15, 0.2) is 5.82 Å². The smallest absolute Gasteiger partial charge is 0.160 e. The quantitative estimate of drug-likeness (QED) is 0.141. The largest absolute Gasteiger partial charge is 0.228 e. The van der Waals surface area contributed by atoms with Crippen LogP contribution < -0.4 is 0 Å². The standard InChI is InChI=1S/C55H46N2/c1-5-7-26-47-38(4)44-23-14-16-27-48(44)55(47)49-28-17-15-24-46(49)53-45(25-18-29-50(53)55)39(6-2)31-30-37(3)40-32-34-43(35-33-40)54-56-51(41-19-10-8-11-20-41)36-52(57-54)42-21-12-9-13-22-42/h5-10,12,14-19,21,23-36H,1,3,11,13,20,22H2,2,4H3/b26-7-,31-30-,39-6+/t55-/m1/s1. The lowest BCUT2D eigenvalue weighted by atomic mass is 9.69. The van der Waals surface area contributed by atoms with E-state index in [9.17, 15) is 0 Å². The minimum absolute atomic E-state index is 0.408. The van der Waals surface area contributed by atoms with E-state index in [2.05, 4.69) is 191 Å². The second kappa shape index (κ2) is 15.1. The highest BCUT2D eigenvalue weighted by Gasteiger charge is 2.51. The number of allylic oxidation sites excluding steroid dienone is 18. The summed E-state index contributed by atoms with van der Waals surface area (Å²) in [6, 6.07) is 35.4. The Kier molecular flexibility index (Phi) is 9.56. The fraction of sp³-hybridized carbons (Fsp3) is 0.127. The zero-order valence-corrected chi connectivity index (χ0v) is 32.8. The Hall–Kier alpha value is -6.64. The van der Waals surface area contributed by atoms with Gasteiger partial charge in [0.1, 0.15) is 0 Å². The van der Waals surface area contributed by atoms with Crippen molar-refractivity contribution in [3.05, 3.63) is 233 Å². The maximum Gasteiger partial charge on any atom is 0.160 e. The maximum absolute atomic E-state index is 5.09. The van der Waals surface area contributed by atoms with Gasteiger partial charge in [-0.2, -0.15) is 0 Å². The van der Waals surface area contributed by atoms with Crippen molar-refractivity contribution in [3.8, 4) is 22.5 Å². The second-order valence-electron chi connectivity index (χ2n) is 15.2. The van der Waals surface area contributed by atoms with Crippen LogP contribution in [0.3, 0.4) is 0 Å². The molecule has 57 heavy (non-hydrogen) atoms. The Labute approximate surface area is 337 Å². The maximum atomic E-state index is 5.09. The first-order chi connectivity index (χ1) is 28.0. The van der Waals surface area contributed by atoms with Crippen molar-refractivity contribution in [1.29, 1.82) is 0 Å². The van der Waals surface area contributed by atoms with Crippen LogP contribution in [0.15, 0.2) is 189 Å². The van der Waals surface area contributed by atoms with Gasteiger partial charge in [-0.3, -0.25) is 0 Å². The van der Waals surface area contributed by atoms with E-state index in [1.807, 2.05) is 6.08 Å². The first-order valence-electron chi connectivity index (χ1n) is 20.1. The molecule has 9 rings (SSSR count). The molecule has 0 aliphatic heterocycles. The van der Waals surface area contributed by atoms with E-state index in [0.717, 1.165) is 65.2 Å². The SMILES string of the molecule is C=C/C=C\C1=C(C)c2ccccc2[C@@]12c1ccccc1-c1c(C(/C=C\C(=C)c3ccc(-c4nc(C5=CC=CCC5)cc(C5=CC=CCC5)n4)cc3)=C/C)cccc12. The van der Waals surface area contributed by atoms with Crippen LogP contribution in [-0.2, 0) is 5.41 Å². The van der Waals surface area contributed by atoms with Gasteiger partial charge in [-0.25, -0.2) is 9.97 Å².